The van der Waals surface area contributed by atoms with E-state index in [1.54, 1.807) is 12.1 Å². The number of hydrogen-bond donors (Lipinski definition) is 7. The highest BCUT2D eigenvalue weighted by atomic mass is 16.8. The summed E-state index contributed by atoms with van der Waals surface area (Å²) in [6, 6.07) is 6.07. The third kappa shape index (κ3) is 4.86. The van der Waals surface area contributed by atoms with Crippen LogP contribution in [0.15, 0.2) is 42.7 Å². The molecule has 198 valence electrons. The van der Waals surface area contributed by atoms with E-state index in [1.165, 1.54) is 31.2 Å². The summed E-state index contributed by atoms with van der Waals surface area (Å²) >= 11 is 0. The number of carbonyl (C=O) groups is 1. The lowest BCUT2D eigenvalue weighted by Gasteiger charge is -2.45. The van der Waals surface area contributed by atoms with Crippen LogP contribution < -0.4 is 0 Å². The molecule has 1 aliphatic carbocycles. The van der Waals surface area contributed by atoms with Crippen LogP contribution in [0.25, 0.3) is 6.08 Å². The molecule has 3 aliphatic rings. The zero-order valence-electron chi connectivity index (χ0n) is 19.3. The predicted molar refractivity (Wildman–Crippen MR) is 120 cm³/mol. The summed E-state index contributed by atoms with van der Waals surface area (Å²) in [4.78, 5) is 12.7. The van der Waals surface area contributed by atoms with E-state index in [4.69, 9.17) is 18.9 Å². The van der Waals surface area contributed by atoms with Crippen LogP contribution >= 0.6 is 0 Å². The monoisotopic (exact) mass is 510 g/mol. The molecule has 1 saturated heterocycles. The molecule has 0 bridgehead atoms. The second-order valence-electron chi connectivity index (χ2n) is 9.38. The molecule has 0 aromatic heterocycles. The van der Waals surface area contributed by atoms with Gasteiger partial charge in [-0.15, -0.1) is 0 Å². The molecule has 4 rings (SSSR count). The van der Waals surface area contributed by atoms with Gasteiger partial charge in [0.1, 0.15) is 41.4 Å². The number of rotatable bonds is 6. The van der Waals surface area contributed by atoms with Gasteiger partial charge in [-0.1, -0.05) is 12.1 Å². The summed E-state index contributed by atoms with van der Waals surface area (Å²) in [5.41, 5.74) is -2.84. The summed E-state index contributed by atoms with van der Waals surface area (Å²) in [6.07, 6.45) is -5.96. The van der Waals surface area contributed by atoms with Gasteiger partial charge in [-0.05, 0) is 36.8 Å². The molecule has 7 N–H and O–H groups in total. The lowest BCUT2D eigenvalue weighted by atomic mass is 9.81. The van der Waals surface area contributed by atoms with Crippen molar-refractivity contribution in [1.29, 1.82) is 0 Å². The molecule has 0 radical (unpaired) electrons. The topological polar surface area (TPSA) is 196 Å². The minimum absolute atomic E-state index is 0.0669. The second-order valence-corrected chi connectivity index (χ2v) is 9.38. The maximum atomic E-state index is 12.7. The molecule has 0 amide bonds. The van der Waals surface area contributed by atoms with Gasteiger partial charge in [0.05, 0.1) is 24.9 Å². The Balaban J connectivity index is 1.54. The minimum atomic E-state index is -1.94. The van der Waals surface area contributed by atoms with Crippen LogP contribution in [0.3, 0.4) is 0 Å². The molecule has 12 nitrogen and oxygen atoms in total. The Hall–Kier alpha value is -2.55. The highest BCUT2D eigenvalue weighted by molar-refractivity contribution is 5.87. The quantitative estimate of drug-likeness (QED) is 0.173. The number of phenolic OH excluding ortho intramolecular Hbond substituents is 1. The summed E-state index contributed by atoms with van der Waals surface area (Å²) in [6.45, 7) is 0.808. The van der Waals surface area contributed by atoms with Gasteiger partial charge < -0.3 is 54.7 Å². The molecule has 1 saturated carbocycles. The highest BCUT2D eigenvalue weighted by Crippen LogP contribution is 2.51. The lowest BCUT2D eigenvalue weighted by molar-refractivity contribution is -0.351. The molecule has 2 aliphatic heterocycles. The highest BCUT2D eigenvalue weighted by Gasteiger charge is 2.66. The first-order valence-corrected chi connectivity index (χ1v) is 11.4. The van der Waals surface area contributed by atoms with Gasteiger partial charge in [-0.2, -0.15) is 0 Å². The Morgan fingerprint density at radius 2 is 1.81 bits per heavy atom. The number of aliphatic hydroxyl groups is 6. The molecule has 2 fully saturated rings. The van der Waals surface area contributed by atoms with E-state index in [0.29, 0.717) is 5.56 Å². The summed E-state index contributed by atoms with van der Waals surface area (Å²) in [5.74, 6) is -1.93. The van der Waals surface area contributed by atoms with Crippen molar-refractivity contribution in [1.82, 2.24) is 0 Å². The fraction of sp³-hybridized carbons (Fsp3) is 0.542. The van der Waals surface area contributed by atoms with Crippen molar-refractivity contribution in [2.24, 2.45) is 5.92 Å². The molecule has 0 spiro atoms. The van der Waals surface area contributed by atoms with Crippen LogP contribution in [0.5, 0.6) is 5.75 Å². The van der Waals surface area contributed by atoms with Crippen LogP contribution in [-0.4, -0.2) is 103 Å². The van der Waals surface area contributed by atoms with Gasteiger partial charge >= 0.3 is 5.97 Å². The van der Waals surface area contributed by atoms with Gasteiger partial charge in [0, 0.05) is 12.5 Å². The van der Waals surface area contributed by atoms with E-state index in [-0.39, 0.29) is 12.2 Å². The molecule has 12 heteroatoms. The van der Waals surface area contributed by atoms with Crippen molar-refractivity contribution < 1.29 is 59.5 Å². The van der Waals surface area contributed by atoms with Gasteiger partial charge in [0.25, 0.3) is 0 Å². The van der Waals surface area contributed by atoms with E-state index in [0.717, 1.165) is 12.3 Å². The molecule has 10 unspecified atom stereocenters. The van der Waals surface area contributed by atoms with Crippen molar-refractivity contribution in [3.63, 3.8) is 0 Å². The number of hydrogen-bond acceptors (Lipinski definition) is 12. The normalized spacial score (nSPS) is 42.2. The second kappa shape index (κ2) is 10.1. The number of ether oxygens (including phenoxy) is 4. The average Bonchev–Trinajstić information content (AvgIpc) is 3.04. The maximum absolute atomic E-state index is 12.7. The molecule has 2 heterocycles. The SMILES string of the molecule is CC1(OC(=O)C=Cc2ccc(O)cc2)CC(O)C2(O)C=COC(OC3OC(CO)C(O)C(O)C3O)C12. The molecule has 10 atom stereocenters. The van der Waals surface area contributed by atoms with Gasteiger partial charge in [-0.25, -0.2) is 4.79 Å². The number of phenols is 1. The maximum Gasteiger partial charge on any atom is 0.331 e. The van der Waals surface area contributed by atoms with E-state index in [1.807, 2.05) is 0 Å². The smallest absolute Gasteiger partial charge is 0.331 e. The number of carbonyl (C=O) groups excluding carboxylic acids is 1. The molecular weight excluding hydrogens is 480 g/mol. The van der Waals surface area contributed by atoms with Crippen LogP contribution in [0.4, 0.5) is 0 Å². The average molecular weight is 510 g/mol. The summed E-state index contributed by atoms with van der Waals surface area (Å²) in [7, 11) is 0. The Bertz CT molecular complexity index is 993. The summed E-state index contributed by atoms with van der Waals surface area (Å²) < 4.78 is 22.2. The van der Waals surface area contributed by atoms with Crippen LogP contribution in [0.2, 0.25) is 0 Å². The minimum Gasteiger partial charge on any atom is -0.508 e. The largest absolute Gasteiger partial charge is 0.508 e. The Kier molecular flexibility index (Phi) is 7.42. The molecule has 1 aromatic carbocycles. The standard InChI is InChI=1S/C24H30O12/c1-23(36-16(28)7-4-12-2-5-13(26)6-3-12)10-15(27)24(32)8-9-33-22(20(23)24)35-21-19(31)18(30)17(29)14(11-25)34-21/h2-9,14-15,17-22,25-27,29-32H,10-11H2,1H3. The van der Waals surface area contributed by atoms with Crippen molar-refractivity contribution >= 4 is 12.0 Å². The van der Waals surface area contributed by atoms with Gasteiger partial charge in [0.2, 0.25) is 6.29 Å². The molecular formula is C24H30O12. The fourth-order valence-electron chi connectivity index (χ4n) is 4.94. The number of fused-ring (bicyclic) bond motifs is 1. The lowest BCUT2D eigenvalue weighted by Crippen LogP contribution is -2.62. The third-order valence-electron chi connectivity index (χ3n) is 6.86. The zero-order valence-corrected chi connectivity index (χ0v) is 19.3. The Morgan fingerprint density at radius 3 is 2.47 bits per heavy atom. The number of esters is 1. The third-order valence-corrected chi connectivity index (χ3v) is 6.86. The first-order chi connectivity index (χ1) is 17.0. The van der Waals surface area contributed by atoms with Crippen LogP contribution in [-0.2, 0) is 23.7 Å². The Labute approximate surface area is 206 Å². The van der Waals surface area contributed by atoms with Crippen LogP contribution in [0.1, 0.15) is 18.9 Å². The Morgan fingerprint density at radius 1 is 1.11 bits per heavy atom. The van der Waals surface area contributed by atoms with Gasteiger partial charge in [-0.3, -0.25) is 0 Å². The van der Waals surface area contributed by atoms with Crippen molar-refractivity contribution in [2.75, 3.05) is 6.61 Å². The van der Waals surface area contributed by atoms with E-state index >= 15 is 0 Å². The first kappa shape index (κ1) is 26.5. The van der Waals surface area contributed by atoms with E-state index < -0.39 is 72.8 Å². The summed E-state index contributed by atoms with van der Waals surface area (Å²) in [5, 5.41) is 71.1. The van der Waals surface area contributed by atoms with Crippen LogP contribution in [0, 0.1) is 5.92 Å². The fourth-order valence-corrected chi connectivity index (χ4v) is 4.94. The van der Waals surface area contributed by atoms with Crippen molar-refractivity contribution in [2.45, 2.75) is 67.6 Å². The number of aromatic hydroxyl groups is 1. The predicted octanol–water partition coefficient (Wildman–Crippen LogP) is -1.49. The van der Waals surface area contributed by atoms with Crippen molar-refractivity contribution in [3.05, 3.63) is 48.2 Å². The first-order valence-electron chi connectivity index (χ1n) is 11.4. The molecule has 1 aromatic rings. The number of aliphatic hydroxyl groups excluding tert-OH is 5. The number of benzene rings is 1. The zero-order chi connectivity index (χ0) is 26.3. The van der Waals surface area contributed by atoms with Gasteiger partial charge in [0.15, 0.2) is 6.29 Å². The van der Waals surface area contributed by atoms with E-state index in [9.17, 15) is 40.5 Å². The van der Waals surface area contributed by atoms with E-state index in [2.05, 4.69) is 0 Å². The molecule has 36 heavy (non-hydrogen) atoms. The van der Waals surface area contributed by atoms with Crippen molar-refractivity contribution in [3.8, 4) is 5.75 Å².